The second-order valence-corrected chi connectivity index (χ2v) is 4.68. The molecule has 1 atom stereocenters. The van der Waals surface area contributed by atoms with Crippen molar-refractivity contribution in [1.82, 2.24) is 10.6 Å². The second kappa shape index (κ2) is 4.75. The predicted octanol–water partition coefficient (Wildman–Crippen LogP) is 0.803. The van der Waals surface area contributed by atoms with E-state index in [0.29, 0.717) is 6.54 Å². The second-order valence-electron chi connectivity index (χ2n) is 4.68. The van der Waals surface area contributed by atoms with Gasteiger partial charge in [0.15, 0.2) is 0 Å². The first-order valence-electron chi connectivity index (χ1n) is 5.91. The summed E-state index contributed by atoms with van der Waals surface area (Å²) >= 11 is 0. The molecule has 1 aliphatic heterocycles. The van der Waals surface area contributed by atoms with Gasteiger partial charge in [0.2, 0.25) is 5.91 Å². The average Bonchev–Trinajstić information content (AvgIpc) is 2.33. The summed E-state index contributed by atoms with van der Waals surface area (Å²) in [7, 11) is 0. The van der Waals surface area contributed by atoms with Crippen molar-refractivity contribution in [2.24, 2.45) is 0 Å². The topological polar surface area (TPSA) is 61.4 Å². The zero-order valence-corrected chi connectivity index (χ0v) is 9.99. The number of carbonyl (C=O) groups excluding carboxylic acids is 1. The minimum Gasteiger partial charge on any atom is -0.508 e. The number of piperazine rings is 1. The van der Waals surface area contributed by atoms with Gasteiger partial charge in [0.1, 0.15) is 5.75 Å². The van der Waals surface area contributed by atoms with Gasteiger partial charge in [-0.2, -0.15) is 0 Å². The zero-order valence-electron chi connectivity index (χ0n) is 9.99. The number of amides is 1. The maximum absolute atomic E-state index is 11.8. The minimum absolute atomic E-state index is 0.0718. The number of rotatable bonds is 3. The highest BCUT2D eigenvalue weighted by molar-refractivity contribution is 5.86. The molecule has 1 aromatic rings. The fourth-order valence-corrected chi connectivity index (χ4v) is 2.05. The Morgan fingerprint density at radius 3 is 2.65 bits per heavy atom. The van der Waals surface area contributed by atoms with Crippen LogP contribution in [-0.4, -0.2) is 29.6 Å². The molecule has 0 spiro atoms. The van der Waals surface area contributed by atoms with Crippen molar-refractivity contribution >= 4 is 5.91 Å². The Bertz CT molecular complexity index is 402. The van der Waals surface area contributed by atoms with E-state index in [2.05, 4.69) is 10.6 Å². The fraction of sp³-hybridized carbons (Fsp3) is 0.462. The van der Waals surface area contributed by atoms with Gasteiger partial charge < -0.3 is 15.7 Å². The van der Waals surface area contributed by atoms with Crippen LogP contribution in [0, 0.1) is 0 Å². The van der Waals surface area contributed by atoms with Gasteiger partial charge in [-0.15, -0.1) is 0 Å². The number of hydrogen-bond donors (Lipinski definition) is 3. The predicted molar refractivity (Wildman–Crippen MR) is 65.8 cm³/mol. The Morgan fingerprint density at radius 2 is 2.00 bits per heavy atom. The van der Waals surface area contributed by atoms with Crippen LogP contribution in [0.2, 0.25) is 0 Å². The Labute approximate surface area is 101 Å². The van der Waals surface area contributed by atoms with Crippen molar-refractivity contribution in [2.75, 3.05) is 13.1 Å². The Balaban J connectivity index is 1.97. The Morgan fingerprint density at radius 1 is 1.29 bits per heavy atom. The SMILES string of the molecule is CC1(CCc2ccc(O)cc2)NCCNC1=O. The fourth-order valence-electron chi connectivity index (χ4n) is 2.05. The third kappa shape index (κ3) is 2.77. The maximum Gasteiger partial charge on any atom is 0.240 e. The van der Waals surface area contributed by atoms with Gasteiger partial charge in [-0.1, -0.05) is 12.1 Å². The number of carbonyl (C=O) groups is 1. The van der Waals surface area contributed by atoms with Gasteiger partial charge >= 0.3 is 0 Å². The molecular formula is C13H18N2O2. The smallest absolute Gasteiger partial charge is 0.240 e. The first kappa shape index (κ1) is 11.9. The largest absolute Gasteiger partial charge is 0.508 e. The summed E-state index contributed by atoms with van der Waals surface area (Å²) in [5.41, 5.74) is 0.653. The van der Waals surface area contributed by atoms with E-state index in [9.17, 15) is 9.90 Å². The van der Waals surface area contributed by atoms with E-state index in [0.717, 1.165) is 24.9 Å². The van der Waals surface area contributed by atoms with Crippen molar-refractivity contribution in [3.8, 4) is 5.75 Å². The summed E-state index contributed by atoms with van der Waals surface area (Å²) < 4.78 is 0. The zero-order chi connectivity index (χ0) is 12.3. The number of aromatic hydroxyl groups is 1. The molecule has 0 aliphatic carbocycles. The molecule has 1 unspecified atom stereocenters. The normalized spacial score (nSPS) is 24.4. The van der Waals surface area contributed by atoms with E-state index in [1.54, 1.807) is 12.1 Å². The van der Waals surface area contributed by atoms with Crippen molar-refractivity contribution in [3.05, 3.63) is 29.8 Å². The van der Waals surface area contributed by atoms with Crippen LogP contribution in [0.25, 0.3) is 0 Å². The van der Waals surface area contributed by atoms with Gasteiger partial charge in [-0.25, -0.2) is 0 Å². The minimum atomic E-state index is -0.476. The van der Waals surface area contributed by atoms with Crippen LogP contribution >= 0.6 is 0 Å². The number of phenols is 1. The molecule has 4 heteroatoms. The van der Waals surface area contributed by atoms with Crippen LogP contribution in [0.15, 0.2) is 24.3 Å². The summed E-state index contributed by atoms with van der Waals surface area (Å²) in [6.45, 7) is 3.45. The number of phenolic OH excluding ortho intramolecular Hbond substituents is 1. The number of benzene rings is 1. The molecule has 0 saturated carbocycles. The van der Waals surface area contributed by atoms with Crippen LogP contribution in [0.4, 0.5) is 0 Å². The van der Waals surface area contributed by atoms with Gasteiger partial charge in [0, 0.05) is 13.1 Å². The van der Waals surface area contributed by atoms with E-state index in [1.165, 1.54) is 0 Å². The maximum atomic E-state index is 11.8. The molecule has 1 aliphatic rings. The first-order valence-corrected chi connectivity index (χ1v) is 5.91. The molecule has 0 aromatic heterocycles. The molecule has 4 nitrogen and oxygen atoms in total. The molecule has 92 valence electrons. The molecule has 3 N–H and O–H groups in total. The van der Waals surface area contributed by atoms with Crippen molar-refractivity contribution in [1.29, 1.82) is 0 Å². The molecule has 1 amide bonds. The molecule has 2 rings (SSSR count). The molecule has 0 bridgehead atoms. The lowest BCUT2D eigenvalue weighted by molar-refractivity contribution is -0.128. The molecule has 17 heavy (non-hydrogen) atoms. The summed E-state index contributed by atoms with van der Waals surface area (Å²) in [5, 5.41) is 15.3. The third-order valence-electron chi connectivity index (χ3n) is 3.28. The van der Waals surface area contributed by atoms with Crippen molar-refractivity contribution in [3.63, 3.8) is 0 Å². The highest BCUT2D eigenvalue weighted by atomic mass is 16.3. The lowest BCUT2D eigenvalue weighted by atomic mass is 9.91. The van der Waals surface area contributed by atoms with E-state index >= 15 is 0 Å². The average molecular weight is 234 g/mol. The van der Waals surface area contributed by atoms with Gasteiger partial charge in [-0.3, -0.25) is 4.79 Å². The van der Waals surface area contributed by atoms with Gasteiger partial charge in [-0.05, 0) is 37.5 Å². The summed E-state index contributed by atoms with van der Waals surface area (Å²) in [4.78, 5) is 11.8. The quantitative estimate of drug-likeness (QED) is 0.725. The van der Waals surface area contributed by atoms with Crippen LogP contribution in [0.1, 0.15) is 18.9 Å². The van der Waals surface area contributed by atoms with Gasteiger partial charge in [0.25, 0.3) is 0 Å². The van der Waals surface area contributed by atoms with Crippen molar-refractivity contribution < 1.29 is 9.90 Å². The van der Waals surface area contributed by atoms with E-state index in [4.69, 9.17) is 0 Å². The lowest BCUT2D eigenvalue weighted by Gasteiger charge is -2.33. The summed E-state index contributed by atoms with van der Waals surface area (Å²) in [6, 6.07) is 7.12. The number of hydrogen-bond acceptors (Lipinski definition) is 3. The molecule has 1 heterocycles. The number of aryl methyl sites for hydroxylation is 1. The third-order valence-corrected chi connectivity index (χ3v) is 3.28. The van der Waals surface area contributed by atoms with E-state index < -0.39 is 5.54 Å². The monoisotopic (exact) mass is 234 g/mol. The molecule has 1 saturated heterocycles. The van der Waals surface area contributed by atoms with Crippen LogP contribution in [0.5, 0.6) is 5.75 Å². The van der Waals surface area contributed by atoms with Crippen molar-refractivity contribution in [2.45, 2.75) is 25.3 Å². The van der Waals surface area contributed by atoms with Gasteiger partial charge in [0.05, 0.1) is 5.54 Å². The standard InChI is InChI=1S/C13H18N2O2/c1-13(12(17)14-8-9-15-13)7-6-10-2-4-11(16)5-3-10/h2-5,15-16H,6-9H2,1H3,(H,14,17). The molecular weight excluding hydrogens is 216 g/mol. The lowest BCUT2D eigenvalue weighted by Crippen LogP contribution is -2.61. The summed E-state index contributed by atoms with van der Waals surface area (Å²) in [5.74, 6) is 0.344. The molecule has 0 radical (unpaired) electrons. The van der Waals surface area contributed by atoms with Crippen LogP contribution < -0.4 is 10.6 Å². The molecule has 1 aromatic carbocycles. The number of nitrogens with one attached hydrogen (secondary N) is 2. The highest BCUT2D eigenvalue weighted by Crippen LogP contribution is 2.17. The molecule has 1 fully saturated rings. The van der Waals surface area contributed by atoms with E-state index in [1.807, 2.05) is 19.1 Å². The summed E-state index contributed by atoms with van der Waals surface area (Å²) in [6.07, 6.45) is 1.57. The Kier molecular flexibility index (Phi) is 3.33. The van der Waals surface area contributed by atoms with Crippen LogP contribution in [0.3, 0.4) is 0 Å². The van der Waals surface area contributed by atoms with Crippen LogP contribution in [-0.2, 0) is 11.2 Å². The van der Waals surface area contributed by atoms with E-state index in [-0.39, 0.29) is 11.7 Å². The first-order chi connectivity index (χ1) is 8.10. The Hall–Kier alpha value is -1.55. The highest BCUT2D eigenvalue weighted by Gasteiger charge is 2.34.